The summed E-state index contributed by atoms with van der Waals surface area (Å²) >= 11 is 1.27. The maximum Gasteiger partial charge on any atom is 0.326 e. The highest BCUT2D eigenvalue weighted by Gasteiger charge is 2.19. The van der Waals surface area contributed by atoms with Crippen LogP contribution in [0.4, 0.5) is 0 Å². The molecule has 0 saturated carbocycles. The van der Waals surface area contributed by atoms with Crippen molar-refractivity contribution in [3.8, 4) is 5.75 Å². The third kappa shape index (κ3) is 3.39. The fourth-order valence-electron chi connectivity index (χ4n) is 2.56. The topological polar surface area (TPSA) is 80.9 Å². The molecular weight excluding hydrogens is 352 g/mol. The zero-order valence-corrected chi connectivity index (χ0v) is 15.4. The van der Waals surface area contributed by atoms with Crippen molar-refractivity contribution in [2.45, 2.75) is 19.9 Å². The summed E-state index contributed by atoms with van der Waals surface area (Å²) in [6, 6.07) is 11.6. The number of carboxylic acids is 1. The molecule has 1 amide bonds. The summed E-state index contributed by atoms with van der Waals surface area (Å²) in [7, 11) is 1.55. The first-order valence-electron chi connectivity index (χ1n) is 7.98. The van der Waals surface area contributed by atoms with E-state index >= 15 is 0 Å². The Morgan fingerprint density at radius 2 is 1.88 bits per heavy atom. The van der Waals surface area contributed by atoms with Crippen LogP contribution >= 0.6 is 11.3 Å². The summed E-state index contributed by atoms with van der Waals surface area (Å²) in [5.74, 6) is -0.801. The maximum atomic E-state index is 12.5. The molecule has 0 saturated heterocycles. The average Bonchev–Trinajstić information content (AvgIpc) is 2.98. The quantitative estimate of drug-likeness (QED) is 0.763. The molecule has 0 radical (unpaired) electrons. The molecule has 26 heavy (non-hydrogen) atoms. The van der Waals surface area contributed by atoms with Crippen LogP contribution in [0, 0.1) is 6.92 Å². The van der Waals surface area contributed by atoms with Crippen LogP contribution in [0.5, 0.6) is 5.75 Å². The van der Waals surface area contributed by atoms with E-state index in [0.29, 0.717) is 21.6 Å². The van der Waals surface area contributed by atoms with E-state index in [1.807, 2.05) is 25.1 Å². The number of hydrogen-bond acceptors (Lipinski definition) is 4. The zero-order valence-electron chi connectivity index (χ0n) is 14.6. The van der Waals surface area contributed by atoms with Crippen LogP contribution in [0.15, 0.2) is 47.5 Å². The number of amides is 1. The van der Waals surface area contributed by atoms with Crippen molar-refractivity contribution in [2.75, 3.05) is 7.11 Å². The van der Waals surface area contributed by atoms with E-state index in [2.05, 4.69) is 4.99 Å². The molecule has 2 aromatic carbocycles. The van der Waals surface area contributed by atoms with Crippen LogP contribution < -0.4 is 9.54 Å². The summed E-state index contributed by atoms with van der Waals surface area (Å²) < 4.78 is 7.62. The Kier molecular flexibility index (Phi) is 4.90. The lowest BCUT2D eigenvalue weighted by Crippen LogP contribution is -2.25. The van der Waals surface area contributed by atoms with Crippen molar-refractivity contribution in [3.05, 3.63) is 58.4 Å². The summed E-state index contributed by atoms with van der Waals surface area (Å²) in [5.41, 5.74) is 2.17. The molecule has 0 aliphatic rings. The third-order valence-electron chi connectivity index (χ3n) is 4.07. The molecule has 7 heteroatoms. The van der Waals surface area contributed by atoms with Gasteiger partial charge in [0.25, 0.3) is 5.91 Å². The van der Waals surface area contributed by atoms with Gasteiger partial charge in [-0.05, 0) is 38.1 Å². The van der Waals surface area contributed by atoms with Crippen LogP contribution in [0.1, 0.15) is 28.9 Å². The van der Waals surface area contributed by atoms with Gasteiger partial charge < -0.3 is 14.4 Å². The number of aliphatic carboxylic acids is 1. The van der Waals surface area contributed by atoms with Gasteiger partial charge in [-0.15, -0.1) is 0 Å². The van der Waals surface area contributed by atoms with Crippen molar-refractivity contribution in [3.63, 3.8) is 0 Å². The second-order valence-electron chi connectivity index (χ2n) is 5.89. The zero-order chi connectivity index (χ0) is 18.8. The lowest BCUT2D eigenvalue weighted by Gasteiger charge is -2.10. The highest BCUT2D eigenvalue weighted by molar-refractivity contribution is 7.16. The summed E-state index contributed by atoms with van der Waals surface area (Å²) in [4.78, 5) is 28.6. The van der Waals surface area contributed by atoms with Crippen LogP contribution in [0.3, 0.4) is 0 Å². The largest absolute Gasteiger partial charge is 0.497 e. The number of carbonyl (C=O) groups is 2. The molecule has 3 rings (SSSR count). The van der Waals surface area contributed by atoms with Gasteiger partial charge in [0.2, 0.25) is 0 Å². The van der Waals surface area contributed by atoms with Gasteiger partial charge >= 0.3 is 5.97 Å². The normalized spacial score (nSPS) is 13.0. The van der Waals surface area contributed by atoms with Gasteiger partial charge in [-0.3, -0.25) is 4.79 Å². The average molecular weight is 370 g/mol. The van der Waals surface area contributed by atoms with E-state index in [4.69, 9.17) is 4.74 Å². The van der Waals surface area contributed by atoms with E-state index in [1.54, 1.807) is 42.9 Å². The number of aromatic nitrogens is 1. The second-order valence-corrected chi connectivity index (χ2v) is 6.89. The molecule has 1 atom stereocenters. The lowest BCUT2D eigenvalue weighted by molar-refractivity contribution is -0.140. The van der Waals surface area contributed by atoms with Crippen molar-refractivity contribution in [2.24, 2.45) is 4.99 Å². The van der Waals surface area contributed by atoms with E-state index in [1.165, 1.54) is 11.3 Å². The number of benzene rings is 2. The Morgan fingerprint density at radius 1 is 1.19 bits per heavy atom. The molecular formula is C19H18N2O4S. The Hall–Kier alpha value is -2.93. The molecule has 0 aliphatic carbocycles. The number of carbonyl (C=O) groups excluding carboxylic acids is 1. The van der Waals surface area contributed by atoms with Gasteiger partial charge in [-0.1, -0.05) is 29.0 Å². The molecule has 0 spiro atoms. The first-order chi connectivity index (χ1) is 12.4. The van der Waals surface area contributed by atoms with Crippen LogP contribution in [0.25, 0.3) is 10.2 Å². The SMILES string of the molecule is COc1ccc2s/c(=N\C(=O)c3ccc(C)cc3)n(C(C)C(=O)O)c2c1. The molecule has 1 unspecified atom stereocenters. The molecule has 3 aromatic rings. The van der Waals surface area contributed by atoms with Crippen molar-refractivity contribution in [1.29, 1.82) is 0 Å². The summed E-state index contributed by atoms with van der Waals surface area (Å²) in [5, 5.41) is 9.47. The van der Waals surface area contributed by atoms with E-state index in [9.17, 15) is 14.7 Å². The van der Waals surface area contributed by atoms with Gasteiger partial charge in [0.1, 0.15) is 11.8 Å². The Morgan fingerprint density at radius 3 is 2.50 bits per heavy atom. The van der Waals surface area contributed by atoms with Gasteiger partial charge in [0.15, 0.2) is 4.80 Å². The number of hydrogen-bond donors (Lipinski definition) is 1. The summed E-state index contributed by atoms with van der Waals surface area (Å²) in [6.45, 7) is 3.50. The van der Waals surface area contributed by atoms with Gasteiger partial charge in [-0.25, -0.2) is 4.79 Å². The van der Waals surface area contributed by atoms with Gasteiger partial charge in [-0.2, -0.15) is 4.99 Å². The fourth-order valence-corrected chi connectivity index (χ4v) is 3.64. The monoisotopic (exact) mass is 370 g/mol. The Bertz CT molecular complexity index is 1050. The molecule has 0 fully saturated rings. The maximum absolute atomic E-state index is 12.5. The van der Waals surface area contributed by atoms with Gasteiger partial charge in [0, 0.05) is 11.6 Å². The molecule has 6 nitrogen and oxygen atoms in total. The number of methoxy groups -OCH3 is 1. The molecule has 134 valence electrons. The van der Waals surface area contributed by atoms with Crippen molar-refractivity contribution >= 4 is 33.4 Å². The number of rotatable bonds is 4. The fraction of sp³-hybridized carbons (Fsp3) is 0.211. The van der Waals surface area contributed by atoms with E-state index in [0.717, 1.165) is 10.3 Å². The van der Waals surface area contributed by atoms with Crippen LogP contribution in [-0.2, 0) is 4.79 Å². The summed E-state index contributed by atoms with van der Waals surface area (Å²) in [6.07, 6.45) is 0. The number of fused-ring (bicyclic) bond motifs is 1. The number of ether oxygens (including phenoxy) is 1. The molecule has 1 heterocycles. The number of aryl methyl sites for hydroxylation is 1. The van der Waals surface area contributed by atoms with E-state index in [-0.39, 0.29) is 0 Å². The molecule has 1 N–H and O–H groups in total. The lowest BCUT2D eigenvalue weighted by atomic mass is 10.1. The molecule has 0 aliphatic heterocycles. The molecule has 1 aromatic heterocycles. The minimum atomic E-state index is -1.00. The van der Waals surface area contributed by atoms with Crippen LogP contribution in [0.2, 0.25) is 0 Å². The predicted octanol–water partition coefficient (Wildman–Crippen LogP) is 3.41. The highest BCUT2D eigenvalue weighted by atomic mass is 32.1. The molecule has 0 bridgehead atoms. The standard InChI is InChI=1S/C19H18N2O4S/c1-11-4-6-13(7-5-11)17(22)20-19-21(12(2)18(23)24)15-10-14(25-3)8-9-16(15)26-19/h4-10,12H,1-3H3,(H,23,24)/b20-19-. The third-order valence-corrected chi connectivity index (χ3v) is 5.11. The highest BCUT2D eigenvalue weighted by Crippen LogP contribution is 2.25. The Balaban J connectivity index is 2.20. The minimum absolute atomic E-state index is 0.341. The predicted molar refractivity (Wildman–Crippen MR) is 99.8 cm³/mol. The second kappa shape index (κ2) is 7.13. The first kappa shape index (κ1) is 17.9. The number of carboxylic acid groups (broad SMARTS) is 1. The smallest absolute Gasteiger partial charge is 0.326 e. The van der Waals surface area contributed by atoms with E-state index < -0.39 is 17.9 Å². The Labute approximate surface area is 154 Å². The minimum Gasteiger partial charge on any atom is -0.497 e. The van der Waals surface area contributed by atoms with Crippen LogP contribution in [-0.4, -0.2) is 28.7 Å². The number of thiazole rings is 1. The first-order valence-corrected chi connectivity index (χ1v) is 8.80. The number of nitrogens with zero attached hydrogens (tertiary/aromatic N) is 2. The van der Waals surface area contributed by atoms with Gasteiger partial charge in [0.05, 0.1) is 17.3 Å². The van der Waals surface area contributed by atoms with Crippen molar-refractivity contribution in [1.82, 2.24) is 4.57 Å². The van der Waals surface area contributed by atoms with Crippen molar-refractivity contribution < 1.29 is 19.4 Å².